The largest absolute Gasteiger partial charge is 0.374 e. The molecule has 34 heavy (non-hydrogen) atoms. The van der Waals surface area contributed by atoms with Crippen LogP contribution in [0.15, 0.2) is 34.1 Å². The molecule has 0 unspecified atom stereocenters. The van der Waals surface area contributed by atoms with Crippen LogP contribution in [0.1, 0.15) is 55.2 Å². The number of terminal acetylenes is 1. The zero-order valence-electron chi connectivity index (χ0n) is 20.7. The van der Waals surface area contributed by atoms with E-state index in [1.807, 2.05) is 0 Å². The van der Waals surface area contributed by atoms with Crippen LogP contribution >= 0.6 is 0 Å². The lowest BCUT2D eigenvalue weighted by atomic mass is 9.79. The van der Waals surface area contributed by atoms with Gasteiger partial charge in [-0.2, -0.15) is 0 Å². The summed E-state index contributed by atoms with van der Waals surface area (Å²) in [7, 11) is -1.93. The average Bonchev–Trinajstić information content (AvgIpc) is 2.84. The van der Waals surface area contributed by atoms with E-state index in [-0.39, 0.29) is 0 Å². The lowest BCUT2D eigenvalue weighted by Gasteiger charge is -2.50. The van der Waals surface area contributed by atoms with E-state index in [9.17, 15) is 0 Å². The fourth-order valence-electron chi connectivity index (χ4n) is 7.96. The van der Waals surface area contributed by atoms with Crippen molar-refractivity contribution in [3.8, 4) is 12.3 Å². The minimum absolute atomic E-state index is 0.584. The predicted molar refractivity (Wildman–Crippen MR) is 144 cm³/mol. The number of nitrogens with zero attached hydrogens (tertiary/aromatic N) is 2. The Kier molecular flexibility index (Phi) is 4.52. The Bertz CT molecular complexity index is 1280. The number of anilines is 1. The summed E-state index contributed by atoms with van der Waals surface area (Å²) in [5.74, 6) is 2.87. The number of benzene rings is 1. The van der Waals surface area contributed by atoms with Crippen LogP contribution in [0.5, 0.6) is 0 Å². The Morgan fingerprint density at radius 2 is 2.00 bits per heavy atom. The monoisotopic (exact) mass is 465 g/mol. The second-order valence-electron chi connectivity index (χ2n) is 11.3. The minimum Gasteiger partial charge on any atom is -0.374 e. The van der Waals surface area contributed by atoms with Gasteiger partial charge in [0.25, 0.3) is 0 Å². The SMILES string of the molecule is C#CCNC1=C2C=C3CCC=[N+]4CCCC(=C2[Si](C)(C)c2c1cc1c5c2CCCN5CCC1)[C-]34. The molecule has 0 bridgehead atoms. The van der Waals surface area contributed by atoms with Gasteiger partial charge in [-0.1, -0.05) is 40.9 Å². The molecule has 1 N–H and O–H groups in total. The summed E-state index contributed by atoms with van der Waals surface area (Å²) < 4.78 is 2.59. The summed E-state index contributed by atoms with van der Waals surface area (Å²) in [6.07, 6.45) is 20.6. The molecule has 0 saturated carbocycles. The number of fused-ring (bicyclic) bond motifs is 3. The van der Waals surface area contributed by atoms with Gasteiger partial charge in [-0.25, -0.2) is 0 Å². The van der Waals surface area contributed by atoms with Crippen molar-refractivity contribution < 1.29 is 4.58 Å². The maximum atomic E-state index is 5.79. The Hall–Kier alpha value is -2.64. The van der Waals surface area contributed by atoms with Gasteiger partial charge in [-0.3, -0.25) is 4.58 Å². The van der Waals surface area contributed by atoms with E-state index in [0.717, 1.165) is 12.8 Å². The van der Waals surface area contributed by atoms with E-state index < -0.39 is 8.07 Å². The van der Waals surface area contributed by atoms with E-state index >= 15 is 0 Å². The zero-order valence-corrected chi connectivity index (χ0v) is 21.7. The molecule has 0 amide bonds. The fraction of sp³-hybridized carbons (Fsp3) is 0.467. The molecule has 6 aliphatic rings. The highest BCUT2D eigenvalue weighted by Gasteiger charge is 2.45. The number of piperidine rings is 1. The van der Waals surface area contributed by atoms with Gasteiger partial charge in [-0.15, -0.1) is 17.7 Å². The van der Waals surface area contributed by atoms with Gasteiger partial charge in [0.15, 0.2) is 0 Å². The van der Waals surface area contributed by atoms with Crippen molar-refractivity contribution >= 4 is 30.9 Å². The Morgan fingerprint density at radius 1 is 1.15 bits per heavy atom. The number of allylic oxidation sites excluding steroid dienone is 3. The third-order valence-corrected chi connectivity index (χ3v) is 12.7. The summed E-state index contributed by atoms with van der Waals surface area (Å²) in [4.78, 5) is 2.71. The quantitative estimate of drug-likeness (QED) is 0.305. The molecule has 3 nitrogen and oxygen atoms in total. The average molecular weight is 466 g/mol. The van der Waals surface area contributed by atoms with Crippen molar-refractivity contribution in [2.45, 2.75) is 64.5 Å². The van der Waals surface area contributed by atoms with Crippen LogP contribution in [0, 0.1) is 18.4 Å². The number of nitrogens with one attached hydrogen (secondary N) is 1. The van der Waals surface area contributed by atoms with Crippen LogP contribution in [0.4, 0.5) is 5.69 Å². The second-order valence-corrected chi connectivity index (χ2v) is 15.6. The smallest absolute Gasteiger partial charge is 0.131 e. The van der Waals surface area contributed by atoms with Gasteiger partial charge >= 0.3 is 0 Å². The molecule has 1 aromatic rings. The third kappa shape index (κ3) is 2.71. The number of hydrogen-bond acceptors (Lipinski definition) is 2. The van der Waals surface area contributed by atoms with Crippen molar-refractivity contribution in [2.24, 2.45) is 0 Å². The molecule has 1 saturated heterocycles. The summed E-state index contributed by atoms with van der Waals surface area (Å²) in [5.41, 5.74) is 12.4. The molecule has 0 spiro atoms. The molecule has 4 heteroatoms. The first-order valence-corrected chi connectivity index (χ1v) is 16.4. The van der Waals surface area contributed by atoms with Crippen molar-refractivity contribution in [1.82, 2.24) is 5.32 Å². The molecular weight excluding hydrogens is 430 g/mol. The van der Waals surface area contributed by atoms with Crippen molar-refractivity contribution in [3.63, 3.8) is 0 Å². The third-order valence-electron chi connectivity index (χ3n) is 9.04. The maximum Gasteiger partial charge on any atom is 0.131 e. The van der Waals surface area contributed by atoms with Gasteiger partial charge in [0, 0.05) is 30.9 Å². The Labute approximate surface area is 205 Å². The fourth-order valence-corrected chi connectivity index (χ4v) is 11.9. The standard InChI is InChI=1S/C30H35N3Si/c1-4-13-31-26-24-18-20-9-5-14-32-16-7-11-22(27(20)32)29(24)34(2,3)30-23-12-8-17-33-15-6-10-21(28(23)33)19-25(26)30/h1,14,18-19,31H,5-13,15-17H2,2-3H3. The Morgan fingerprint density at radius 3 is 2.85 bits per heavy atom. The van der Waals surface area contributed by atoms with Gasteiger partial charge in [0.2, 0.25) is 0 Å². The molecule has 7 rings (SSSR count). The van der Waals surface area contributed by atoms with Crippen molar-refractivity contribution in [2.75, 3.05) is 31.1 Å². The van der Waals surface area contributed by atoms with E-state index in [2.05, 4.69) is 52.2 Å². The molecule has 0 radical (unpaired) electrons. The highest BCUT2D eigenvalue weighted by Crippen LogP contribution is 2.51. The molecule has 5 aliphatic heterocycles. The van der Waals surface area contributed by atoms with Crippen LogP contribution in [-0.2, 0) is 12.8 Å². The molecule has 1 aromatic carbocycles. The number of rotatable bonds is 2. The molecule has 0 atom stereocenters. The van der Waals surface area contributed by atoms with Crippen LogP contribution in [-0.4, -0.2) is 45.0 Å². The summed E-state index contributed by atoms with van der Waals surface area (Å²) in [6.45, 7) is 9.50. The molecule has 174 valence electrons. The Balaban J connectivity index is 1.56. The molecule has 1 aliphatic carbocycles. The molecule has 0 aromatic heterocycles. The number of hydrogen-bond donors (Lipinski definition) is 1. The van der Waals surface area contributed by atoms with Crippen LogP contribution in [0.3, 0.4) is 0 Å². The first-order chi connectivity index (χ1) is 16.6. The van der Waals surface area contributed by atoms with E-state index in [0.29, 0.717) is 6.54 Å². The van der Waals surface area contributed by atoms with Gasteiger partial charge in [-0.05, 0) is 67.7 Å². The van der Waals surface area contributed by atoms with E-state index in [1.54, 1.807) is 44.4 Å². The summed E-state index contributed by atoms with van der Waals surface area (Å²) in [6, 6.07) is 4.14. The topological polar surface area (TPSA) is 18.3 Å². The lowest BCUT2D eigenvalue weighted by Crippen LogP contribution is -2.55. The van der Waals surface area contributed by atoms with Gasteiger partial charge < -0.3 is 10.2 Å². The summed E-state index contributed by atoms with van der Waals surface area (Å²) in [5, 5.41) is 7.17. The predicted octanol–water partition coefficient (Wildman–Crippen LogP) is 4.23. The van der Waals surface area contributed by atoms with Gasteiger partial charge in [0.05, 0.1) is 20.8 Å². The van der Waals surface area contributed by atoms with Crippen molar-refractivity contribution in [1.29, 1.82) is 0 Å². The van der Waals surface area contributed by atoms with Gasteiger partial charge in [0.1, 0.15) is 12.6 Å². The molecule has 5 heterocycles. The van der Waals surface area contributed by atoms with Crippen LogP contribution < -0.4 is 15.4 Å². The minimum atomic E-state index is -1.93. The first-order valence-electron chi connectivity index (χ1n) is 13.4. The van der Waals surface area contributed by atoms with Crippen LogP contribution in [0.2, 0.25) is 13.1 Å². The van der Waals surface area contributed by atoms with Crippen LogP contribution in [0.25, 0.3) is 5.70 Å². The molecular formula is C30H35N3Si. The van der Waals surface area contributed by atoms with Crippen molar-refractivity contribution in [3.05, 3.63) is 56.8 Å². The normalized spacial score (nSPS) is 23.8. The second kappa shape index (κ2) is 7.43. The highest BCUT2D eigenvalue weighted by molar-refractivity contribution is 6.98. The number of aryl methyl sites for hydroxylation is 1. The van der Waals surface area contributed by atoms with E-state index in [4.69, 9.17) is 6.42 Å². The maximum absolute atomic E-state index is 5.79. The van der Waals surface area contributed by atoms with E-state index in [1.165, 1.54) is 75.0 Å². The summed E-state index contributed by atoms with van der Waals surface area (Å²) >= 11 is 0. The first kappa shape index (κ1) is 20.7. The highest BCUT2D eigenvalue weighted by atomic mass is 28.3. The molecule has 1 fully saturated rings. The zero-order chi connectivity index (χ0) is 23.0. The lowest BCUT2D eigenvalue weighted by molar-refractivity contribution is -0.508.